The molecule has 0 aliphatic rings. The molecule has 0 bridgehead atoms. The molecule has 0 unspecified atom stereocenters. The van der Waals surface area contributed by atoms with Gasteiger partial charge >= 0.3 is 0 Å². The van der Waals surface area contributed by atoms with Crippen molar-refractivity contribution in [2.45, 2.75) is 6.42 Å². The molecule has 0 atom stereocenters. The fourth-order valence-corrected chi connectivity index (χ4v) is 0.551. The molecule has 0 spiro atoms. The van der Waals surface area contributed by atoms with Gasteiger partial charge in [0.2, 0.25) is 0 Å². The third-order valence-corrected chi connectivity index (χ3v) is 0.996. The van der Waals surface area contributed by atoms with Crippen LogP contribution in [-0.4, -0.2) is 25.5 Å². The minimum absolute atomic E-state index is 0.820. The normalized spacial score (nSPS) is 10.9. The van der Waals surface area contributed by atoms with Gasteiger partial charge in [-0.1, -0.05) is 25.3 Å². The molecule has 60 valence electrons. The minimum atomic E-state index is 0.820. The molecule has 2 heteroatoms. The van der Waals surface area contributed by atoms with Crippen LogP contribution in [0.5, 0.6) is 0 Å². The molecule has 0 fully saturated rings. The van der Waals surface area contributed by atoms with E-state index < -0.39 is 0 Å². The largest absolute Gasteiger partial charge is 0.293 e. The molecule has 0 aliphatic carbocycles. The van der Waals surface area contributed by atoms with Crippen LogP contribution in [0.25, 0.3) is 0 Å². The van der Waals surface area contributed by atoms with Crippen molar-refractivity contribution in [1.82, 2.24) is 0 Å². The van der Waals surface area contributed by atoms with E-state index in [0.717, 1.165) is 19.5 Å². The van der Waals surface area contributed by atoms with E-state index in [1.54, 1.807) is 24.6 Å². The summed E-state index contributed by atoms with van der Waals surface area (Å²) in [6.07, 6.45) is 7.74. The molecule has 0 aromatic rings. The Hall–Kier alpha value is -1.18. The lowest BCUT2D eigenvalue weighted by atomic mass is 10.4. The highest BCUT2D eigenvalue weighted by atomic mass is 14.7. The lowest BCUT2D eigenvalue weighted by molar-refractivity contribution is 0.851. The molecule has 0 saturated carbocycles. The summed E-state index contributed by atoms with van der Waals surface area (Å²) in [5, 5.41) is 0. The second-order valence-electron chi connectivity index (χ2n) is 1.94. The van der Waals surface area contributed by atoms with E-state index in [1.807, 2.05) is 0 Å². The third kappa shape index (κ3) is 8.82. The molecule has 0 aromatic carbocycles. The van der Waals surface area contributed by atoms with Gasteiger partial charge in [0.05, 0.1) is 0 Å². The number of nitrogens with zero attached hydrogens (tertiary/aromatic N) is 2. The molecule has 0 radical (unpaired) electrons. The fourth-order valence-electron chi connectivity index (χ4n) is 0.551. The zero-order valence-electron chi connectivity index (χ0n) is 6.74. The molecular formula is C9H14N2. The smallest absolute Gasteiger partial charge is 0.0406 e. The van der Waals surface area contributed by atoms with Crippen LogP contribution in [0.15, 0.2) is 35.3 Å². The first kappa shape index (κ1) is 9.82. The number of hydrogen-bond donors (Lipinski definition) is 0. The van der Waals surface area contributed by atoms with E-state index in [2.05, 4.69) is 23.1 Å². The topological polar surface area (TPSA) is 24.7 Å². The molecular weight excluding hydrogens is 136 g/mol. The first-order chi connectivity index (χ1) is 5.41. The highest BCUT2D eigenvalue weighted by Gasteiger charge is 1.78. The van der Waals surface area contributed by atoms with Gasteiger partial charge in [-0.15, -0.1) is 0 Å². The van der Waals surface area contributed by atoms with Crippen LogP contribution in [0.2, 0.25) is 0 Å². The molecule has 0 N–H and O–H groups in total. The van der Waals surface area contributed by atoms with E-state index in [1.165, 1.54) is 0 Å². The van der Waals surface area contributed by atoms with Crippen LogP contribution < -0.4 is 0 Å². The van der Waals surface area contributed by atoms with Crippen molar-refractivity contribution in [3.05, 3.63) is 25.3 Å². The van der Waals surface area contributed by atoms with Gasteiger partial charge in [0.15, 0.2) is 0 Å². The van der Waals surface area contributed by atoms with Crippen LogP contribution in [-0.2, 0) is 0 Å². The first-order valence-corrected chi connectivity index (χ1v) is 3.63. The summed E-state index contributed by atoms with van der Waals surface area (Å²) in [6.45, 7) is 8.67. The molecule has 0 aromatic heterocycles. The summed E-state index contributed by atoms with van der Waals surface area (Å²) in [6, 6.07) is 0. The van der Waals surface area contributed by atoms with Gasteiger partial charge in [-0.2, -0.15) is 0 Å². The van der Waals surface area contributed by atoms with E-state index >= 15 is 0 Å². The Bertz CT molecular complexity index is 139. The summed E-state index contributed by atoms with van der Waals surface area (Å²) < 4.78 is 0. The van der Waals surface area contributed by atoms with E-state index in [9.17, 15) is 0 Å². The Morgan fingerprint density at radius 1 is 0.909 bits per heavy atom. The minimum Gasteiger partial charge on any atom is -0.293 e. The fraction of sp³-hybridized carbons (Fsp3) is 0.333. The van der Waals surface area contributed by atoms with Crippen molar-refractivity contribution < 1.29 is 0 Å². The monoisotopic (exact) mass is 150 g/mol. The lowest BCUT2D eigenvalue weighted by Crippen LogP contribution is -1.85. The van der Waals surface area contributed by atoms with Crippen LogP contribution in [0.3, 0.4) is 0 Å². The predicted molar refractivity (Wildman–Crippen MR) is 51.7 cm³/mol. The second-order valence-corrected chi connectivity index (χ2v) is 1.94. The van der Waals surface area contributed by atoms with E-state index in [-0.39, 0.29) is 0 Å². The predicted octanol–water partition coefficient (Wildman–Crippen LogP) is 1.89. The molecule has 0 heterocycles. The highest BCUT2D eigenvalue weighted by Crippen LogP contribution is 1.81. The molecule has 0 aliphatic heterocycles. The van der Waals surface area contributed by atoms with Gasteiger partial charge in [0.1, 0.15) is 0 Å². The Labute approximate surface area is 68.1 Å². The van der Waals surface area contributed by atoms with Crippen molar-refractivity contribution in [3.8, 4) is 0 Å². The molecule has 11 heavy (non-hydrogen) atoms. The van der Waals surface area contributed by atoms with Crippen molar-refractivity contribution >= 4 is 12.4 Å². The van der Waals surface area contributed by atoms with E-state index in [4.69, 9.17) is 0 Å². The average molecular weight is 150 g/mol. The Kier molecular flexibility index (Phi) is 7.87. The molecule has 0 saturated heterocycles. The van der Waals surface area contributed by atoms with Gasteiger partial charge < -0.3 is 0 Å². The number of aliphatic imine (C=N–C) groups is 2. The summed E-state index contributed by atoms with van der Waals surface area (Å²) in [7, 11) is 0. The standard InChI is InChI=1S/C9H14N2/c1-3-6-10-8-5-9-11-7-4-2/h3-4,6-7H,1-2,5,8-9H2. The van der Waals surface area contributed by atoms with Crippen LogP contribution >= 0.6 is 0 Å². The molecule has 2 nitrogen and oxygen atoms in total. The Balaban J connectivity index is 3.14. The number of rotatable bonds is 6. The van der Waals surface area contributed by atoms with Crippen molar-refractivity contribution in [2.75, 3.05) is 13.1 Å². The maximum atomic E-state index is 4.04. The van der Waals surface area contributed by atoms with Crippen molar-refractivity contribution in [1.29, 1.82) is 0 Å². The summed E-state index contributed by atoms with van der Waals surface area (Å²) in [5.74, 6) is 0. The zero-order valence-corrected chi connectivity index (χ0v) is 6.74. The number of allylic oxidation sites excluding steroid dienone is 2. The summed E-state index contributed by atoms with van der Waals surface area (Å²) >= 11 is 0. The van der Waals surface area contributed by atoms with E-state index in [0.29, 0.717) is 0 Å². The lowest BCUT2D eigenvalue weighted by Gasteiger charge is -1.88. The van der Waals surface area contributed by atoms with Gasteiger partial charge in [0, 0.05) is 25.5 Å². The Morgan fingerprint density at radius 3 is 1.73 bits per heavy atom. The van der Waals surface area contributed by atoms with Gasteiger partial charge in [-0.25, -0.2) is 0 Å². The highest BCUT2D eigenvalue weighted by molar-refractivity contribution is 5.70. The quantitative estimate of drug-likeness (QED) is 0.408. The molecule has 0 rings (SSSR count). The SMILES string of the molecule is C=CC=NCCCN=CC=C. The molecule has 0 amide bonds. The Morgan fingerprint density at radius 2 is 1.36 bits per heavy atom. The van der Waals surface area contributed by atoms with Gasteiger partial charge in [-0.3, -0.25) is 9.98 Å². The second kappa shape index (κ2) is 8.82. The first-order valence-electron chi connectivity index (χ1n) is 3.63. The van der Waals surface area contributed by atoms with Crippen molar-refractivity contribution in [3.63, 3.8) is 0 Å². The van der Waals surface area contributed by atoms with Gasteiger partial charge in [-0.05, 0) is 6.42 Å². The van der Waals surface area contributed by atoms with Crippen LogP contribution in [0.4, 0.5) is 0 Å². The number of hydrogen-bond acceptors (Lipinski definition) is 2. The maximum Gasteiger partial charge on any atom is 0.0406 e. The maximum absolute atomic E-state index is 4.04. The average Bonchev–Trinajstić information content (AvgIpc) is 2.03. The zero-order chi connectivity index (χ0) is 8.36. The van der Waals surface area contributed by atoms with Crippen LogP contribution in [0.1, 0.15) is 6.42 Å². The van der Waals surface area contributed by atoms with Crippen molar-refractivity contribution in [2.24, 2.45) is 9.98 Å². The van der Waals surface area contributed by atoms with Crippen LogP contribution in [0, 0.1) is 0 Å². The summed E-state index contributed by atoms with van der Waals surface area (Å²) in [4.78, 5) is 8.09. The summed E-state index contributed by atoms with van der Waals surface area (Å²) in [5.41, 5.74) is 0. The van der Waals surface area contributed by atoms with Gasteiger partial charge in [0.25, 0.3) is 0 Å². The third-order valence-electron chi connectivity index (χ3n) is 0.996.